The van der Waals surface area contributed by atoms with E-state index in [-0.39, 0.29) is 11.9 Å². The summed E-state index contributed by atoms with van der Waals surface area (Å²) in [5.74, 6) is 0.809. The van der Waals surface area contributed by atoms with Gasteiger partial charge < -0.3 is 9.64 Å². The van der Waals surface area contributed by atoms with Gasteiger partial charge in [-0.05, 0) is 37.5 Å². The maximum absolute atomic E-state index is 12.0. The first kappa shape index (κ1) is 18.3. The summed E-state index contributed by atoms with van der Waals surface area (Å²) in [6.07, 6.45) is 5.89. The largest absolute Gasteiger partial charge is 0.466 e. The topological polar surface area (TPSA) is 68.2 Å². The highest BCUT2D eigenvalue weighted by Gasteiger charge is 2.27. The van der Waals surface area contributed by atoms with E-state index in [9.17, 15) is 4.79 Å². The molecule has 0 N–H and O–H groups in total. The number of benzene rings is 1. The molecule has 3 heterocycles. The third-order valence-electron chi connectivity index (χ3n) is 5.28. The van der Waals surface area contributed by atoms with Crippen LogP contribution in [0.1, 0.15) is 31.0 Å². The minimum atomic E-state index is -0.0780. The van der Waals surface area contributed by atoms with Gasteiger partial charge in [-0.25, -0.2) is 0 Å². The lowest BCUT2D eigenvalue weighted by Crippen LogP contribution is -2.37. The van der Waals surface area contributed by atoms with E-state index in [4.69, 9.17) is 4.74 Å². The lowest BCUT2D eigenvalue weighted by Gasteiger charge is -2.32. The minimum Gasteiger partial charge on any atom is -0.466 e. The molecule has 6 heteroatoms. The van der Waals surface area contributed by atoms with Gasteiger partial charge in [0.05, 0.1) is 18.2 Å². The van der Waals surface area contributed by atoms with Crippen LogP contribution in [0.5, 0.6) is 0 Å². The molecule has 1 aliphatic heterocycles. The Morgan fingerprint density at radius 1 is 1.07 bits per heavy atom. The first-order valence-corrected chi connectivity index (χ1v) is 9.81. The Bertz CT molecular complexity index is 953. The Labute approximate surface area is 164 Å². The molecular formula is C22H24N4O2. The number of esters is 1. The van der Waals surface area contributed by atoms with Crippen LogP contribution in [0.2, 0.25) is 0 Å². The first-order valence-electron chi connectivity index (χ1n) is 9.81. The summed E-state index contributed by atoms with van der Waals surface area (Å²) in [5, 5.41) is 11.4. The van der Waals surface area contributed by atoms with Crippen molar-refractivity contribution in [1.82, 2.24) is 15.2 Å². The molecule has 1 aliphatic rings. The summed E-state index contributed by atoms with van der Waals surface area (Å²) in [6, 6.07) is 12.3. The van der Waals surface area contributed by atoms with E-state index in [0.29, 0.717) is 6.61 Å². The quantitative estimate of drug-likeness (QED) is 0.636. The van der Waals surface area contributed by atoms with Crippen molar-refractivity contribution >= 4 is 22.6 Å². The Kier molecular flexibility index (Phi) is 5.46. The molecule has 3 aromatic rings. The van der Waals surface area contributed by atoms with Crippen molar-refractivity contribution in [3.8, 4) is 0 Å². The number of pyridine rings is 1. The summed E-state index contributed by atoms with van der Waals surface area (Å²) in [6.45, 7) is 3.86. The third-order valence-corrected chi connectivity index (χ3v) is 5.28. The van der Waals surface area contributed by atoms with E-state index < -0.39 is 0 Å². The molecule has 0 aliphatic carbocycles. The van der Waals surface area contributed by atoms with Crippen LogP contribution in [-0.2, 0) is 16.0 Å². The summed E-state index contributed by atoms with van der Waals surface area (Å²) >= 11 is 0. The van der Waals surface area contributed by atoms with Crippen molar-refractivity contribution in [1.29, 1.82) is 0 Å². The second kappa shape index (κ2) is 8.33. The molecule has 0 bridgehead atoms. The molecule has 0 atom stereocenters. The molecule has 144 valence electrons. The SMILES string of the molecule is CCOC(=O)C1CCN(c2nnc(Cc3ccncc3)c3ccccc23)CC1. The summed E-state index contributed by atoms with van der Waals surface area (Å²) in [5.41, 5.74) is 2.13. The van der Waals surface area contributed by atoms with Crippen LogP contribution in [0.4, 0.5) is 5.82 Å². The van der Waals surface area contributed by atoms with Gasteiger partial charge in [0.1, 0.15) is 0 Å². The maximum atomic E-state index is 12.0. The molecule has 1 saturated heterocycles. The molecule has 1 fully saturated rings. The number of anilines is 1. The standard InChI is InChI=1S/C22H24N4O2/c1-2-28-22(27)17-9-13-26(14-10-17)21-19-6-4-3-5-18(19)20(24-25-21)15-16-7-11-23-12-8-16/h3-8,11-12,17H,2,9-10,13-15H2,1H3. The number of fused-ring (bicyclic) bond motifs is 1. The number of hydrogen-bond acceptors (Lipinski definition) is 6. The van der Waals surface area contributed by atoms with E-state index >= 15 is 0 Å². The molecule has 0 spiro atoms. The van der Waals surface area contributed by atoms with Crippen molar-refractivity contribution in [2.75, 3.05) is 24.6 Å². The highest BCUT2D eigenvalue weighted by atomic mass is 16.5. The van der Waals surface area contributed by atoms with Gasteiger partial charge in [0, 0.05) is 42.7 Å². The number of nitrogens with zero attached hydrogens (tertiary/aromatic N) is 4. The highest BCUT2D eigenvalue weighted by molar-refractivity contribution is 5.93. The fourth-order valence-electron chi connectivity index (χ4n) is 3.79. The number of carbonyl (C=O) groups excluding carboxylic acids is 1. The van der Waals surface area contributed by atoms with Gasteiger partial charge in [0.25, 0.3) is 0 Å². The highest BCUT2D eigenvalue weighted by Crippen LogP contribution is 2.30. The summed E-state index contributed by atoms with van der Waals surface area (Å²) in [4.78, 5) is 18.3. The van der Waals surface area contributed by atoms with Crippen molar-refractivity contribution in [3.05, 3.63) is 60.0 Å². The van der Waals surface area contributed by atoms with Gasteiger partial charge in [-0.3, -0.25) is 9.78 Å². The van der Waals surface area contributed by atoms with Crippen molar-refractivity contribution in [2.45, 2.75) is 26.2 Å². The van der Waals surface area contributed by atoms with Crippen LogP contribution in [0.15, 0.2) is 48.8 Å². The third kappa shape index (κ3) is 3.81. The molecular weight excluding hydrogens is 352 g/mol. The van der Waals surface area contributed by atoms with Crippen molar-refractivity contribution in [3.63, 3.8) is 0 Å². The number of hydrogen-bond donors (Lipinski definition) is 0. The molecule has 6 nitrogen and oxygen atoms in total. The van der Waals surface area contributed by atoms with E-state index in [1.165, 1.54) is 0 Å². The minimum absolute atomic E-state index is 0.0126. The Balaban J connectivity index is 1.58. The van der Waals surface area contributed by atoms with Crippen LogP contribution in [0.3, 0.4) is 0 Å². The second-order valence-electron chi connectivity index (χ2n) is 7.06. The predicted octanol–water partition coefficient (Wildman–Crippen LogP) is 3.40. The average molecular weight is 376 g/mol. The average Bonchev–Trinajstić information content (AvgIpc) is 2.75. The second-order valence-corrected chi connectivity index (χ2v) is 7.06. The zero-order valence-electron chi connectivity index (χ0n) is 16.0. The Morgan fingerprint density at radius 3 is 2.50 bits per heavy atom. The fraction of sp³-hybridized carbons (Fsp3) is 0.364. The predicted molar refractivity (Wildman–Crippen MR) is 108 cm³/mol. The molecule has 0 amide bonds. The Morgan fingerprint density at radius 2 is 1.79 bits per heavy atom. The van der Waals surface area contributed by atoms with Gasteiger partial charge in [0.2, 0.25) is 0 Å². The maximum Gasteiger partial charge on any atom is 0.309 e. The van der Waals surface area contributed by atoms with Crippen LogP contribution in [0.25, 0.3) is 10.8 Å². The van der Waals surface area contributed by atoms with Gasteiger partial charge >= 0.3 is 5.97 Å². The molecule has 0 radical (unpaired) electrons. The van der Waals surface area contributed by atoms with E-state index in [1.54, 1.807) is 12.4 Å². The van der Waals surface area contributed by atoms with Gasteiger partial charge in [-0.1, -0.05) is 24.3 Å². The van der Waals surface area contributed by atoms with Crippen molar-refractivity contribution < 1.29 is 9.53 Å². The summed E-state index contributed by atoms with van der Waals surface area (Å²) in [7, 11) is 0. The van der Waals surface area contributed by atoms with Gasteiger partial charge in [0.15, 0.2) is 5.82 Å². The number of carbonyl (C=O) groups is 1. The summed E-state index contributed by atoms with van der Waals surface area (Å²) < 4.78 is 5.17. The normalized spacial score (nSPS) is 15.0. The van der Waals surface area contributed by atoms with Crippen LogP contribution in [0, 0.1) is 5.92 Å². The number of aromatic nitrogens is 3. The van der Waals surface area contributed by atoms with E-state index in [2.05, 4.69) is 32.2 Å². The lowest BCUT2D eigenvalue weighted by atomic mass is 9.96. The van der Waals surface area contributed by atoms with Crippen molar-refractivity contribution in [2.24, 2.45) is 5.92 Å². The monoisotopic (exact) mass is 376 g/mol. The van der Waals surface area contributed by atoms with Crippen LogP contribution in [-0.4, -0.2) is 40.8 Å². The van der Waals surface area contributed by atoms with E-state index in [1.807, 2.05) is 31.2 Å². The molecule has 1 aromatic carbocycles. The van der Waals surface area contributed by atoms with Gasteiger partial charge in [-0.15, -0.1) is 5.10 Å². The van der Waals surface area contributed by atoms with Crippen LogP contribution < -0.4 is 4.90 Å². The number of rotatable bonds is 5. The zero-order chi connectivity index (χ0) is 19.3. The molecule has 0 saturated carbocycles. The van der Waals surface area contributed by atoms with Gasteiger partial charge in [-0.2, -0.15) is 5.10 Å². The fourth-order valence-corrected chi connectivity index (χ4v) is 3.79. The molecule has 28 heavy (non-hydrogen) atoms. The molecule has 2 aromatic heterocycles. The lowest BCUT2D eigenvalue weighted by molar-refractivity contribution is -0.148. The molecule has 0 unspecified atom stereocenters. The number of piperidine rings is 1. The zero-order valence-corrected chi connectivity index (χ0v) is 16.0. The smallest absolute Gasteiger partial charge is 0.309 e. The van der Waals surface area contributed by atoms with E-state index in [0.717, 1.165) is 60.2 Å². The number of ether oxygens (including phenoxy) is 1. The first-order chi connectivity index (χ1) is 13.8. The Hall–Kier alpha value is -3.02. The van der Waals surface area contributed by atoms with Crippen LogP contribution >= 0.6 is 0 Å². The molecule has 4 rings (SSSR count).